The molecule has 0 radical (unpaired) electrons. The number of benzene rings is 1. The van der Waals surface area contributed by atoms with Crippen LogP contribution in [0.2, 0.25) is 0 Å². The number of amides is 1. The smallest absolute Gasteiger partial charge is 0.251 e. The third-order valence-corrected chi connectivity index (χ3v) is 4.03. The van der Waals surface area contributed by atoms with Gasteiger partial charge >= 0.3 is 0 Å². The van der Waals surface area contributed by atoms with Crippen LogP contribution in [0.1, 0.15) is 23.2 Å². The summed E-state index contributed by atoms with van der Waals surface area (Å²) in [5.41, 5.74) is 0.650. The van der Waals surface area contributed by atoms with Crippen LogP contribution in [-0.2, 0) is 0 Å². The Morgan fingerprint density at radius 1 is 1.55 bits per heavy atom. The van der Waals surface area contributed by atoms with Crippen LogP contribution in [0.25, 0.3) is 0 Å². The molecule has 4 nitrogen and oxygen atoms in total. The van der Waals surface area contributed by atoms with Crippen LogP contribution < -0.4 is 15.4 Å². The summed E-state index contributed by atoms with van der Waals surface area (Å²) in [7, 11) is 1.61. The summed E-state index contributed by atoms with van der Waals surface area (Å²) in [5, 5.41) is 6.29. The lowest BCUT2D eigenvalue weighted by molar-refractivity contribution is 0.0951. The largest absolute Gasteiger partial charge is 0.496 e. The van der Waals surface area contributed by atoms with Gasteiger partial charge in [-0.1, -0.05) is 0 Å². The monoisotopic (exact) mass is 362 g/mol. The van der Waals surface area contributed by atoms with E-state index < -0.39 is 0 Å². The number of rotatable bonds is 5. The van der Waals surface area contributed by atoms with Crippen molar-refractivity contribution in [1.29, 1.82) is 0 Å². The molecule has 0 spiro atoms. The second kappa shape index (κ2) is 8.49. The summed E-state index contributed by atoms with van der Waals surface area (Å²) in [6.07, 6.45) is 2.25. The second-order valence-electron chi connectivity index (χ2n) is 4.75. The molecule has 20 heavy (non-hydrogen) atoms. The minimum absolute atomic E-state index is 0. The first kappa shape index (κ1) is 17.3. The number of methoxy groups -OCH3 is 1. The molecule has 112 valence electrons. The summed E-state index contributed by atoms with van der Waals surface area (Å²) < 4.78 is 5.94. The van der Waals surface area contributed by atoms with Crippen LogP contribution in [0.3, 0.4) is 0 Å². The number of ether oxygens (including phenoxy) is 1. The number of hydrogen-bond acceptors (Lipinski definition) is 3. The Morgan fingerprint density at radius 2 is 2.35 bits per heavy atom. The van der Waals surface area contributed by atoms with Crippen molar-refractivity contribution in [2.45, 2.75) is 12.8 Å². The standard InChI is InChI=1S/C14H19BrN2O2.ClH/c1-19-13-3-2-11(8-12(13)15)14(18)17-7-5-10-4-6-16-9-10;/h2-3,8,10,16H,4-7,9H2,1H3,(H,17,18);1H. The molecule has 1 saturated heterocycles. The molecule has 1 aromatic carbocycles. The maximum absolute atomic E-state index is 12.0. The van der Waals surface area contributed by atoms with Crippen LogP contribution in [-0.4, -0.2) is 32.7 Å². The first-order valence-corrected chi connectivity index (χ1v) is 7.32. The van der Waals surface area contributed by atoms with Gasteiger partial charge in [-0.3, -0.25) is 4.79 Å². The number of hydrogen-bond donors (Lipinski definition) is 2. The van der Waals surface area contributed by atoms with Gasteiger partial charge in [0.05, 0.1) is 11.6 Å². The zero-order chi connectivity index (χ0) is 13.7. The van der Waals surface area contributed by atoms with Gasteiger partial charge in [-0.25, -0.2) is 0 Å². The predicted octanol–water partition coefficient (Wildman–Crippen LogP) is 2.61. The molecule has 0 bridgehead atoms. The Hall–Kier alpha value is -0.780. The molecule has 2 rings (SSSR count). The lowest BCUT2D eigenvalue weighted by Gasteiger charge is -2.10. The van der Waals surface area contributed by atoms with E-state index in [2.05, 4.69) is 26.6 Å². The zero-order valence-electron chi connectivity index (χ0n) is 11.4. The van der Waals surface area contributed by atoms with Crippen molar-refractivity contribution in [1.82, 2.24) is 10.6 Å². The third kappa shape index (κ3) is 4.65. The fraction of sp³-hybridized carbons (Fsp3) is 0.500. The van der Waals surface area contributed by atoms with E-state index in [4.69, 9.17) is 4.74 Å². The molecule has 1 unspecified atom stereocenters. The average molecular weight is 364 g/mol. The van der Waals surface area contributed by atoms with E-state index in [1.54, 1.807) is 25.3 Å². The Morgan fingerprint density at radius 3 is 2.95 bits per heavy atom. The van der Waals surface area contributed by atoms with Crippen molar-refractivity contribution in [3.8, 4) is 5.75 Å². The van der Waals surface area contributed by atoms with Crippen LogP contribution in [0, 0.1) is 5.92 Å². The highest BCUT2D eigenvalue weighted by Crippen LogP contribution is 2.25. The molecule has 1 atom stereocenters. The van der Waals surface area contributed by atoms with E-state index in [-0.39, 0.29) is 18.3 Å². The lowest BCUT2D eigenvalue weighted by atomic mass is 10.1. The minimum atomic E-state index is -0.0330. The van der Waals surface area contributed by atoms with E-state index in [1.165, 1.54) is 6.42 Å². The van der Waals surface area contributed by atoms with Gasteiger partial charge < -0.3 is 15.4 Å². The highest BCUT2D eigenvalue weighted by Gasteiger charge is 2.14. The van der Waals surface area contributed by atoms with E-state index in [1.807, 2.05) is 0 Å². The maximum Gasteiger partial charge on any atom is 0.251 e. The molecule has 0 saturated carbocycles. The molecule has 1 amide bonds. The number of carbonyl (C=O) groups excluding carboxylic acids is 1. The molecule has 1 aromatic rings. The van der Waals surface area contributed by atoms with Gasteiger partial charge in [0.15, 0.2) is 0 Å². The zero-order valence-corrected chi connectivity index (χ0v) is 13.9. The number of carbonyl (C=O) groups is 1. The molecule has 1 aliphatic heterocycles. The van der Waals surface area contributed by atoms with Gasteiger partial charge in [0.2, 0.25) is 0 Å². The average Bonchev–Trinajstić information content (AvgIpc) is 2.91. The van der Waals surface area contributed by atoms with Gasteiger partial charge in [0, 0.05) is 12.1 Å². The van der Waals surface area contributed by atoms with Crippen molar-refractivity contribution in [2.75, 3.05) is 26.7 Å². The highest BCUT2D eigenvalue weighted by molar-refractivity contribution is 9.10. The van der Waals surface area contributed by atoms with E-state index >= 15 is 0 Å². The van der Waals surface area contributed by atoms with Crippen LogP contribution in [0.4, 0.5) is 0 Å². The second-order valence-corrected chi connectivity index (χ2v) is 5.61. The molecule has 1 heterocycles. The van der Waals surface area contributed by atoms with Crippen LogP contribution in [0.5, 0.6) is 5.75 Å². The summed E-state index contributed by atoms with van der Waals surface area (Å²) in [5.74, 6) is 1.39. The van der Waals surface area contributed by atoms with Gasteiger partial charge in [0.1, 0.15) is 5.75 Å². The highest BCUT2D eigenvalue weighted by atomic mass is 79.9. The normalized spacial score (nSPS) is 17.4. The fourth-order valence-electron chi connectivity index (χ4n) is 2.26. The SMILES string of the molecule is COc1ccc(C(=O)NCCC2CCNC2)cc1Br.Cl. The van der Waals surface area contributed by atoms with Gasteiger partial charge in [0.25, 0.3) is 5.91 Å². The first-order chi connectivity index (χ1) is 9.20. The first-order valence-electron chi connectivity index (χ1n) is 6.53. The molecule has 0 aromatic heterocycles. The Labute approximate surface area is 134 Å². The maximum atomic E-state index is 12.0. The summed E-state index contributed by atoms with van der Waals surface area (Å²) >= 11 is 3.38. The Balaban J connectivity index is 0.00000200. The molecular formula is C14H20BrClN2O2. The fourth-order valence-corrected chi connectivity index (χ4v) is 2.80. The quantitative estimate of drug-likeness (QED) is 0.845. The van der Waals surface area contributed by atoms with Crippen molar-refractivity contribution in [3.63, 3.8) is 0 Å². The van der Waals surface area contributed by atoms with Crippen LogP contribution >= 0.6 is 28.3 Å². The third-order valence-electron chi connectivity index (χ3n) is 3.41. The minimum Gasteiger partial charge on any atom is -0.496 e. The van der Waals surface area contributed by atoms with Crippen molar-refractivity contribution >= 4 is 34.2 Å². The summed E-state index contributed by atoms with van der Waals surface area (Å²) in [4.78, 5) is 12.0. The van der Waals surface area contributed by atoms with E-state index in [0.29, 0.717) is 11.5 Å². The van der Waals surface area contributed by atoms with Gasteiger partial charge in [-0.15, -0.1) is 12.4 Å². The van der Waals surface area contributed by atoms with E-state index in [0.717, 1.165) is 36.3 Å². The molecular weight excluding hydrogens is 344 g/mol. The van der Waals surface area contributed by atoms with Gasteiger partial charge in [-0.05, 0) is 66.0 Å². The molecule has 6 heteroatoms. The molecule has 1 aliphatic rings. The number of halogens is 2. The molecule has 1 fully saturated rings. The van der Waals surface area contributed by atoms with Crippen molar-refractivity contribution < 1.29 is 9.53 Å². The Bertz CT molecular complexity index is 451. The van der Waals surface area contributed by atoms with Gasteiger partial charge in [-0.2, -0.15) is 0 Å². The topological polar surface area (TPSA) is 50.4 Å². The van der Waals surface area contributed by atoms with E-state index in [9.17, 15) is 4.79 Å². The van der Waals surface area contributed by atoms with Crippen molar-refractivity contribution in [2.24, 2.45) is 5.92 Å². The van der Waals surface area contributed by atoms with Crippen LogP contribution in [0.15, 0.2) is 22.7 Å². The lowest BCUT2D eigenvalue weighted by Crippen LogP contribution is -2.26. The Kier molecular flexibility index (Phi) is 7.34. The number of nitrogens with one attached hydrogen (secondary N) is 2. The summed E-state index contributed by atoms with van der Waals surface area (Å²) in [6.45, 7) is 2.91. The molecule has 2 N–H and O–H groups in total. The summed E-state index contributed by atoms with van der Waals surface area (Å²) in [6, 6.07) is 5.35. The van der Waals surface area contributed by atoms with Crippen molar-refractivity contribution in [3.05, 3.63) is 28.2 Å². The molecule has 0 aliphatic carbocycles. The predicted molar refractivity (Wildman–Crippen MR) is 85.9 cm³/mol.